The minimum Gasteiger partial charge on any atom is -0.493 e. The normalized spacial score (nSPS) is 25.2. The molecule has 1 heterocycles. The molecule has 2 aliphatic rings. The maximum atomic E-state index is 12.1. The van der Waals surface area contributed by atoms with E-state index in [9.17, 15) is 4.79 Å². The summed E-state index contributed by atoms with van der Waals surface area (Å²) >= 11 is 0. The van der Waals surface area contributed by atoms with E-state index in [4.69, 9.17) is 9.47 Å². The second-order valence-electron chi connectivity index (χ2n) is 8.77. The third kappa shape index (κ3) is 4.32. The zero-order valence-electron chi connectivity index (χ0n) is 17.5. The van der Waals surface area contributed by atoms with Crippen molar-refractivity contribution in [2.75, 3.05) is 20.2 Å². The van der Waals surface area contributed by atoms with Crippen LogP contribution in [0, 0.1) is 5.41 Å². The Kier molecular flexibility index (Phi) is 5.91. The molecule has 2 aromatic rings. The molecule has 0 bridgehead atoms. The molecule has 0 aromatic heterocycles. The third-order valence-corrected chi connectivity index (χ3v) is 6.51. The summed E-state index contributed by atoms with van der Waals surface area (Å²) in [4.78, 5) is 14.5. The summed E-state index contributed by atoms with van der Waals surface area (Å²) in [6.07, 6.45) is 6.08. The SMILES string of the molecule is COc1ccc(C2CN(Cc3ccccc3)CC2(C)C=O)cc1OC1CCCC1. The fourth-order valence-corrected chi connectivity index (χ4v) is 4.88. The zero-order chi connectivity index (χ0) is 20.3. The van der Waals surface area contributed by atoms with Gasteiger partial charge in [-0.2, -0.15) is 0 Å². The topological polar surface area (TPSA) is 38.8 Å². The second-order valence-corrected chi connectivity index (χ2v) is 8.77. The van der Waals surface area contributed by atoms with E-state index in [-0.39, 0.29) is 12.0 Å². The Morgan fingerprint density at radius 3 is 2.55 bits per heavy atom. The maximum Gasteiger partial charge on any atom is 0.161 e. The van der Waals surface area contributed by atoms with Gasteiger partial charge in [-0.1, -0.05) is 43.3 Å². The van der Waals surface area contributed by atoms with Gasteiger partial charge in [0.2, 0.25) is 0 Å². The molecule has 4 rings (SSSR count). The smallest absolute Gasteiger partial charge is 0.161 e. The third-order valence-electron chi connectivity index (χ3n) is 6.51. The van der Waals surface area contributed by atoms with Crippen LogP contribution in [0.3, 0.4) is 0 Å². The van der Waals surface area contributed by atoms with Crippen LogP contribution in [0.15, 0.2) is 48.5 Å². The molecule has 29 heavy (non-hydrogen) atoms. The Balaban J connectivity index is 1.57. The predicted molar refractivity (Wildman–Crippen MR) is 115 cm³/mol. The van der Waals surface area contributed by atoms with Crippen LogP contribution >= 0.6 is 0 Å². The number of hydrogen-bond acceptors (Lipinski definition) is 4. The highest BCUT2D eigenvalue weighted by atomic mass is 16.5. The Hall–Kier alpha value is -2.33. The quantitative estimate of drug-likeness (QED) is 0.632. The number of carbonyl (C=O) groups is 1. The number of rotatable bonds is 7. The second kappa shape index (κ2) is 8.58. The van der Waals surface area contributed by atoms with Gasteiger partial charge in [-0.25, -0.2) is 0 Å². The molecular formula is C25H31NO3. The highest BCUT2D eigenvalue weighted by Gasteiger charge is 2.44. The standard InChI is InChI=1S/C25H31NO3/c1-25(18-27)17-26(15-19-8-4-3-5-9-19)16-22(25)20-12-13-23(28-2)24(14-20)29-21-10-6-7-11-21/h3-5,8-9,12-14,18,21-22H,6-7,10-11,15-17H2,1-2H3. The van der Waals surface area contributed by atoms with Crippen molar-refractivity contribution in [3.63, 3.8) is 0 Å². The van der Waals surface area contributed by atoms with Crippen molar-refractivity contribution in [1.82, 2.24) is 4.90 Å². The lowest BCUT2D eigenvalue weighted by Crippen LogP contribution is -2.28. The number of aldehydes is 1. The number of ether oxygens (including phenoxy) is 2. The van der Waals surface area contributed by atoms with Crippen LogP contribution in [-0.4, -0.2) is 37.5 Å². The first-order chi connectivity index (χ1) is 14.1. The van der Waals surface area contributed by atoms with Gasteiger partial charge >= 0.3 is 0 Å². The van der Waals surface area contributed by atoms with Crippen molar-refractivity contribution >= 4 is 6.29 Å². The molecule has 154 valence electrons. The number of nitrogens with zero attached hydrogens (tertiary/aromatic N) is 1. The predicted octanol–water partition coefficient (Wildman–Crippen LogP) is 4.82. The summed E-state index contributed by atoms with van der Waals surface area (Å²) in [5.41, 5.74) is 2.03. The molecule has 4 heteroatoms. The molecule has 4 nitrogen and oxygen atoms in total. The molecule has 2 atom stereocenters. The van der Waals surface area contributed by atoms with E-state index in [0.29, 0.717) is 0 Å². The van der Waals surface area contributed by atoms with Crippen molar-refractivity contribution in [3.8, 4) is 11.5 Å². The fraction of sp³-hybridized carbons (Fsp3) is 0.480. The van der Waals surface area contributed by atoms with Crippen LogP contribution in [0.1, 0.15) is 49.7 Å². The van der Waals surface area contributed by atoms with E-state index in [1.54, 1.807) is 7.11 Å². The van der Waals surface area contributed by atoms with Gasteiger partial charge in [-0.15, -0.1) is 0 Å². The fourth-order valence-electron chi connectivity index (χ4n) is 4.88. The number of carbonyl (C=O) groups excluding carboxylic acids is 1. The molecule has 2 fully saturated rings. The van der Waals surface area contributed by atoms with Crippen LogP contribution in [0.25, 0.3) is 0 Å². The van der Waals surface area contributed by atoms with Gasteiger partial charge in [-0.05, 0) is 48.9 Å². The van der Waals surface area contributed by atoms with Crippen LogP contribution < -0.4 is 9.47 Å². The van der Waals surface area contributed by atoms with Crippen molar-refractivity contribution < 1.29 is 14.3 Å². The van der Waals surface area contributed by atoms with E-state index in [1.807, 2.05) is 12.1 Å². The van der Waals surface area contributed by atoms with Gasteiger partial charge in [0.05, 0.1) is 13.2 Å². The number of methoxy groups -OCH3 is 1. The van der Waals surface area contributed by atoms with E-state index >= 15 is 0 Å². The molecule has 1 aliphatic carbocycles. The largest absolute Gasteiger partial charge is 0.493 e. The van der Waals surface area contributed by atoms with Crippen molar-refractivity contribution in [2.24, 2.45) is 5.41 Å². The summed E-state index contributed by atoms with van der Waals surface area (Å²) in [6, 6.07) is 16.7. The molecular weight excluding hydrogens is 362 g/mol. The van der Waals surface area contributed by atoms with Gasteiger partial charge in [0, 0.05) is 31.0 Å². The molecule has 0 N–H and O–H groups in total. The summed E-state index contributed by atoms with van der Waals surface area (Å²) in [5, 5.41) is 0. The van der Waals surface area contributed by atoms with Gasteiger partial charge in [0.15, 0.2) is 11.5 Å². The molecule has 2 unspecified atom stereocenters. The van der Waals surface area contributed by atoms with E-state index in [1.165, 1.54) is 18.4 Å². The van der Waals surface area contributed by atoms with Gasteiger partial charge in [-0.3, -0.25) is 4.90 Å². The molecule has 1 aliphatic heterocycles. The first kappa shape index (κ1) is 20.0. The van der Waals surface area contributed by atoms with Crippen LogP contribution in [0.4, 0.5) is 0 Å². The lowest BCUT2D eigenvalue weighted by molar-refractivity contribution is -0.115. The maximum absolute atomic E-state index is 12.1. The molecule has 1 saturated heterocycles. The average Bonchev–Trinajstić information content (AvgIpc) is 3.37. The minimum atomic E-state index is -0.409. The lowest BCUT2D eigenvalue weighted by atomic mass is 9.77. The molecule has 0 radical (unpaired) electrons. The monoisotopic (exact) mass is 393 g/mol. The number of benzene rings is 2. The van der Waals surface area contributed by atoms with Crippen LogP contribution in [-0.2, 0) is 11.3 Å². The highest BCUT2D eigenvalue weighted by Crippen LogP contribution is 2.44. The highest BCUT2D eigenvalue weighted by molar-refractivity contribution is 5.63. The summed E-state index contributed by atoms with van der Waals surface area (Å²) in [5.74, 6) is 1.72. The van der Waals surface area contributed by atoms with Crippen molar-refractivity contribution in [1.29, 1.82) is 0 Å². The van der Waals surface area contributed by atoms with Crippen LogP contribution in [0.2, 0.25) is 0 Å². The van der Waals surface area contributed by atoms with E-state index in [0.717, 1.165) is 55.8 Å². The Bertz CT molecular complexity index is 831. The first-order valence-electron chi connectivity index (χ1n) is 10.7. The van der Waals surface area contributed by atoms with Gasteiger partial charge < -0.3 is 14.3 Å². The lowest BCUT2D eigenvalue weighted by Gasteiger charge is -2.25. The van der Waals surface area contributed by atoms with Gasteiger partial charge in [0.1, 0.15) is 6.29 Å². The number of hydrogen-bond donors (Lipinski definition) is 0. The summed E-state index contributed by atoms with van der Waals surface area (Å²) in [6.45, 7) is 4.57. The molecule has 1 saturated carbocycles. The molecule has 0 spiro atoms. The number of likely N-dealkylation sites (tertiary alicyclic amines) is 1. The minimum absolute atomic E-state index is 0.139. The zero-order valence-corrected chi connectivity index (χ0v) is 17.5. The van der Waals surface area contributed by atoms with E-state index in [2.05, 4.69) is 48.2 Å². The van der Waals surface area contributed by atoms with Crippen molar-refractivity contribution in [2.45, 2.75) is 51.2 Å². The Labute approximate surface area is 173 Å². The summed E-state index contributed by atoms with van der Waals surface area (Å²) < 4.78 is 11.8. The Morgan fingerprint density at radius 2 is 1.86 bits per heavy atom. The molecule has 2 aromatic carbocycles. The summed E-state index contributed by atoms with van der Waals surface area (Å²) in [7, 11) is 1.68. The van der Waals surface area contributed by atoms with Crippen molar-refractivity contribution in [3.05, 3.63) is 59.7 Å². The molecule has 0 amide bonds. The van der Waals surface area contributed by atoms with E-state index < -0.39 is 5.41 Å². The van der Waals surface area contributed by atoms with Gasteiger partial charge in [0.25, 0.3) is 0 Å². The first-order valence-corrected chi connectivity index (χ1v) is 10.7. The average molecular weight is 394 g/mol. The Morgan fingerprint density at radius 1 is 1.10 bits per heavy atom. The van der Waals surface area contributed by atoms with Crippen LogP contribution in [0.5, 0.6) is 11.5 Å².